The van der Waals surface area contributed by atoms with E-state index in [0.717, 1.165) is 41.7 Å². The number of hydrogen-bond donors (Lipinski definition) is 1. The van der Waals surface area contributed by atoms with Crippen molar-refractivity contribution in [1.29, 1.82) is 0 Å². The third-order valence-electron chi connectivity index (χ3n) is 3.51. The van der Waals surface area contributed by atoms with Crippen molar-refractivity contribution in [1.82, 2.24) is 15.5 Å². The first-order chi connectivity index (χ1) is 9.84. The Balaban J connectivity index is 1.85. The lowest BCUT2D eigenvalue weighted by molar-refractivity contribution is 0.710. The van der Waals surface area contributed by atoms with Crippen molar-refractivity contribution in [3.63, 3.8) is 0 Å². The maximum Gasteiger partial charge on any atom is 0.119 e. The molecule has 1 aliphatic heterocycles. The molecule has 0 radical (unpaired) electrons. The van der Waals surface area contributed by atoms with Gasteiger partial charge in [-0.1, -0.05) is 29.4 Å². The van der Waals surface area contributed by atoms with Gasteiger partial charge in [-0.2, -0.15) is 5.10 Å². The van der Waals surface area contributed by atoms with Gasteiger partial charge in [0, 0.05) is 17.0 Å². The predicted octanol–water partition coefficient (Wildman–Crippen LogP) is 3.11. The zero-order valence-electron chi connectivity index (χ0n) is 11.1. The first-order valence-corrected chi connectivity index (χ1v) is 8.11. The van der Waals surface area contributed by atoms with Crippen LogP contribution in [-0.4, -0.2) is 23.3 Å². The Morgan fingerprint density at radius 1 is 1.20 bits per heavy atom. The van der Waals surface area contributed by atoms with Crippen molar-refractivity contribution < 1.29 is 0 Å². The lowest BCUT2D eigenvalue weighted by Gasteiger charge is -2.13. The van der Waals surface area contributed by atoms with Gasteiger partial charge in [-0.15, -0.1) is 5.10 Å². The van der Waals surface area contributed by atoms with E-state index < -0.39 is 0 Å². The van der Waals surface area contributed by atoms with Crippen LogP contribution in [0.15, 0.2) is 35.5 Å². The predicted molar refractivity (Wildman–Crippen MR) is 83.3 cm³/mol. The number of halogens is 1. The van der Waals surface area contributed by atoms with Crippen LogP contribution in [0.25, 0.3) is 0 Å². The molecule has 2 aromatic rings. The van der Waals surface area contributed by atoms with E-state index in [9.17, 15) is 0 Å². The van der Waals surface area contributed by atoms with Gasteiger partial charge in [0.05, 0.1) is 0 Å². The molecule has 1 aromatic heterocycles. The van der Waals surface area contributed by atoms with Gasteiger partial charge in [0.1, 0.15) is 5.03 Å². The van der Waals surface area contributed by atoms with Crippen LogP contribution in [0.4, 0.5) is 0 Å². The third kappa shape index (κ3) is 3.14. The number of fused-ring (bicyclic) bond motifs is 1. The van der Waals surface area contributed by atoms with Gasteiger partial charge < -0.3 is 5.32 Å². The molecule has 0 aliphatic carbocycles. The van der Waals surface area contributed by atoms with Crippen LogP contribution in [0, 0.1) is 0 Å². The first kappa shape index (κ1) is 13.9. The van der Waals surface area contributed by atoms with E-state index in [1.807, 2.05) is 18.2 Å². The standard InChI is InChI=1S/C15H16ClN3S/c16-14-4-3-11-5-8-17-9-6-12(11)13(14)10-20-15-2-1-7-18-19-15/h1-4,7,17H,5-6,8-10H2. The molecule has 3 nitrogen and oxygen atoms in total. The molecule has 2 heterocycles. The molecule has 0 saturated carbocycles. The fourth-order valence-corrected chi connectivity index (χ4v) is 3.71. The number of rotatable bonds is 3. The van der Waals surface area contributed by atoms with Crippen LogP contribution in [-0.2, 0) is 18.6 Å². The van der Waals surface area contributed by atoms with E-state index in [1.165, 1.54) is 16.7 Å². The molecule has 20 heavy (non-hydrogen) atoms. The molecule has 1 N–H and O–H groups in total. The van der Waals surface area contributed by atoms with E-state index in [-0.39, 0.29) is 0 Å². The SMILES string of the molecule is Clc1ccc2c(c1CSc1cccnn1)CCNCC2. The van der Waals surface area contributed by atoms with Crippen LogP contribution in [0.2, 0.25) is 5.02 Å². The minimum atomic E-state index is 0.848. The lowest BCUT2D eigenvalue weighted by atomic mass is 9.98. The van der Waals surface area contributed by atoms with Gasteiger partial charge in [-0.3, -0.25) is 0 Å². The second-order valence-electron chi connectivity index (χ2n) is 4.76. The summed E-state index contributed by atoms with van der Waals surface area (Å²) in [5.74, 6) is 0.848. The van der Waals surface area contributed by atoms with Crippen molar-refractivity contribution in [3.05, 3.63) is 52.2 Å². The Labute approximate surface area is 128 Å². The zero-order chi connectivity index (χ0) is 13.8. The van der Waals surface area contributed by atoms with Gasteiger partial charge in [-0.25, -0.2) is 0 Å². The number of aromatic nitrogens is 2. The Bertz CT molecular complexity index is 589. The molecule has 104 valence electrons. The van der Waals surface area contributed by atoms with Crippen LogP contribution in [0.3, 0.4) is 0 Å². The van der Waals surface area contributed by atoms with Gasteiger partial charge in [0.2, 0.25) is 0 Å². The summed E-state index contributed by atoms with van der Waals surface area (Å²) < 4.78 is 0. The summed E-state index contributed by atoms with van der Waals surface area (Å²) in [6.07, 6.45) is 3.82. The molecule has 0 amide bonds. The molecule has 0 unspecified atom stereocenters. The summed E-state index contributed by atoms with van der Waals surface area (Å²) >= 11 is 8.10. The first-order valence-electron chi connectivity index (χ1n) is 6.75. The van der Waals surface area contributed by atoms with E-state index in [4.69, 9.17) is 11.6 Å². The minimum Gasteiger partial charge on any atom is -0.316 e. The van der Waals surface area contributed by atoms with Gasteiger partial charge in [0.15, 0.2) is 0 Å². The summed E-state index contributed by atoms with van der Waals surface area (Å²) in [7, 11) is 0. The van der Waals surface area contributed by atoms with E-state index in [2.05, 4.69) is 21.6 Å². The number of benzene rings is 1. The maximum absolute atomic E-state index is 6.41. The van der Waals surface area contributed by atoms with E-state index in [0.29, 0.717) is 0 Å². The summed E-state index contributed by atoms with van der Waals surface area (Å²) in [5.41, 5.74) is 4.09. The molecule has 1 aliphatic rings. The lowest BCUT2D eigenvalue weighted by Crippen LogP contribution is -2.16. The largest absolute Gasteiger partial charge is 0.316 e. The maximum atomic E-state index is 6.41. The molecule has 0 spiro atoms. The fourth-order valence-electron chi connectivity index (χ4n) is 2.49. The topological polar surface area (TPSA) is 37.8 Å². The van der Waals surface area contributed by atoms with Crippen molar-refractivity contribution >= 4 is 23.4 Å². The van der Waals surface area contributed by atoms with Crippen molar-refractivity contribution in [2.24, 2.45) is 0 Å². The summed E-state index contributed by atoms with van der Waals surface area (Å²) in [6.45, 7) is 2.07. The van der Waals surface area contributed by atoms with Gasteiger partial charge in [0.25, 0.3) is 0 Å². The van der Waals surface area contributed by atoms with Crippen molar-refractivity contribution in [2.45, 2.75) is 23.6 Å². The monoisotopic (exact) mass is 305 g/mol. The number of hydrogen-bond acceptors (Lipinski definition) is 4. The fraction of sp³-hybridized carbons (Fsp3) is 0.333. The molecule has 0 atom stereocenters. The van der Waals surface area contributed by atoms with Crippen molar-refractivity contribution in [3.8, 4) is 0 Å². The molecular formula is C15H16ClN3S. The van der Waals surface area contributed by atoms with Crippen LogP contribution < -0.4 is 5.32 Å². The molecule has 5 heteroatoms. The van der Waals surface area contributed by atoms with E-state index in [1.54, 1.807) is 18.0 Å². The van der Waals surface area contributed by atoms with Gasteiger partial charge in [-0.05, 0) is 60.8 Å². The molecule has 1 aromatic carbocycles. The Kier molecular flexibility index (Phi) is 4.55. The molecule has 0 fully saturated rings. The molecular weight excluding hydrogens is 290 g/mol. The second kappa shape index (κ2) is 6.57. The summed E-state index contributed by atoms with van der Waals surface area (Å²) in [5, 5.41) is 13.3. The normalized spacial score (nSPS) is 14.7. The number of thioether (sulfide) groups is 1. The minimum absolute atomic E-state index is 0.848. The Morgan fingerprint density at radius 3 is 2.95 bits per heavy atom. The Hall–Kier alpha value is -1.10. The highest BCUT2D eigenvalue weighted by molar-refractivity contribution is 7.98. The second-order valence-corrected chi connectivity index (χ2v) is 6.17. The average molecular weight is 306 g/mol. The molecule has 3 rings (SSSR count). The number of nitrogens with one attached hydrogen (secondary N) is 1. The average Bonchev–Trinajstić information content (AvgIpc) is 2.73. The van der Waals surface area contributed by atoms with E-state index >= 15 is 0 Å². The molecule has 0 bridgehead atoms. The highest BCUT2D eigenvalue weighted by atomic mass is 35.5. The van der Waals surface area contributed by atoms with Crippen LogP contribution in [0.1, 0.15) is 16.7 Å². The van der Waals surface area contributed by atoms with Crippen molar-refractivity contribution in [2.75, 3.05) is 13.1 Å². The highest BCUT2D eigenvalue weighted by Gasteiger charge is 2.15. The van der Waals surface area contributed by atoms with Gasteiger partial charge >= 0.3 is 0 Å². The Morgan fingerprint density at radius 2 is 2.10 bits per heavy atom. The zero-order valence-corrected chi connectivity index (χ0v) is 12.7. The number of nitrogens with zero attached hydrogens (tertiary/aromatic N) is 2. The smallest absolute Gasteiger partial charge is 0.119 e. The van der Waals surface area contributed by atoms with Crippen LogP contribution in [0.5, 0.6) is 0 Å². The highest BCUT2D eigenvalue weighted by Crippen LogP contribution is 2.31. The van der Waals surface area contributed by atoms with Crippen LogP contribution >= 0.6 is 23.4 Å². The summed E-state index contributed by atoms with van der Waals surface area (Å²) in [6, 6.07) is 8.08. The third-order valence-corrected chi connectivity index (χ3v) is 4.81. The summed E-state index contributed by atoms with van der Waals surface area (Å²) in [4.78, 5) is 0. The quantitative estimate of drug-likeness (QED) is 0.884. The molecule has 0 saturated heterocycles.